The van der Waals surface area contributed by atoms with Gasteiger partial charge in [0.1, 0.15) is 0 Å². The molecule has 1 N–H and O–H groups in total. The highest BCUT2D eigenvalue weighted by molar-refractivity contribution is 5.85. The van der Waals surface area contributed by atoms with Gasteiger partial charge in [0, 0.05) is 6.04 Å². The molecule has 4 rings (SSSR count). The van der Waals surface area contributed by atoms with Crippen LogP contribution in [0.2, 0.25) is 0 Å². The van der Waals surface area contributed by atoms with Crippen molar-refractivity contribution < 1.29 is 0 Å². The van der Waals surface area contributed by atoms with E-state index in [1.807, 2.05) is 4.68 Å². The van der Waals surface area contributed by atoms with Gasteiger partial charge in [0.2, 0.25) is 0 Å². The van der Waals surface area contributed by atoms with Crippen molar-refractivity contribution in [2.24, 2.45) is 0 Å². The molecule has 0 atom stereocenters. The average molecular weight is 279 g/mol. The van der Waals surface area contributed by atoms with Crippen LogP contribution in [0.3, 0.4) is 0 Å². The topological polar surface area (TPSA) is 55.6 Å². The van der Waals surface area contributed by atoms with Crippen LogP contribution in [0.25, 0.3) is 10.8 Å². The quantitative estimate of drug-likeness (QED) is 0.777. The third-order valence-corrected chi connectivity index (χ3v) is 3.93. The Morgan fingerprint density at radius 2 is 1.95 bits per heavy atom. The molecule has 1 aliphatic rings. The number of hydrogen-bond acceptors (Lipinski definition) is 4. The molecular weight excluding hydrogens is 262 g/mol. The zero-order valence-electron chi connectivity index (χ0n) is 11.7. The van der Waals surface area contributed by atoms with Gasteiger partial charge in [-0.1, -0.05) is 42.5 Å². The summed E-state index contributed by atoms with van der Waals surface area (Å²) in [4.78, 5) is 0. The lowest BCUT2D eigenvalue weighted by molar-refractivity contribution is 0.579. The SMILES string of the molecule is c1ccc2c(Cn3nnnc3CNC3CC3)cccc2c1. The summed E-state index contributed by atoms with van der Waals surface area (Å²) in [5.41, 5.74) is 1.24. The first-order valence-corrected chi connectivity index (χ1v) is 7.35. The highest BCUT2D eigenvalue weighted by Crippen LogP contribution is 2.20. The van der Waals surface area contributed by atoms with Crippen molar-refractivity contribution in [2.45, 2.75) is 32.0 Å². The fourth-order valence-electron chi connectivity index (χ4n) is 2.59. The Kier molecular flexibility index (Phi) is 3.12. The number of benzene rings is 2. The maximum atomic E-state index is 4.13. The lowest BCUT2D eigenvalue weighted by Crippen LogP contribution is -2.19. The summed E-state index contributed by atoms with van der Waals surface area (Å²) in [5.74, 6) is 0.898. The zero-order chi connectivity index (χ0) is 14.1. The number of nitrogens with zero attached hydrogens (tertiary/aromatic N) is 4. The van der Waals surface area contributed by atoms with Gasteiger partial charge in [-0.15, -0.1) is 5.10 Å². The normalized spacial score (nSPS) is 14.7. The summed E-state index contributed by atoms with van der Waals surface area (Å²) in [6, 6.07) is 15.4. The average Bonchev–Trinajstić information content (AvgIpc) is 3.25. The fourth-order valence-corrected chi connectivity index (χ4v) is 2.59. The molecule has 0 saturated heterocycles. The van der Waals surface area contributed by atoms with Crippen LogP contribution in [0.5, 0.6) is 0 Å². The summed E-state index contributed by atoms with van der Waals surface area (Å²) in [5, 5.41) is 18.1. The third kappa shape index (κ3) is 2.64. The second-order valence-electron chi connectivity index (χ2n) is 5.55. The summed E-state index contributed by atoms with van der Waals surface area (Å²) in [7, 11) is 0. The molecule has 0 unspecified atom stereocenters. The van der Waals surface area contributed by atoms with Crippen LogP contribution in [0.1, 0.15) is 24.2 Å². The molecule has 0 radical (unpaired) electrons. The van der Waals surface area contributed by atoms with E-state index in [0.29, 0.717) is 12.6 Å². The third-order valence-electron chi connectivity index (χ3n) is 3.93. The van der Waals surface area contributed by atoms with Crippen molar-refractivity contribution in [2.75, 3.05) is 0 Å². The highest BCUT2D eigenvalue weighted by atomic mass is 15.5. The molecule has 5 nitrogen and oxygen atoms in total. The minimum atomic E-state index is 0.660. The van der Waals surface area contributed by atoms with Crippen molar-refractivity contribution in [1.29, 1.82) is 0 Å². The van der Waals surface area contributed by atoms with E-state index >= 15 is 0 Å². The van der Waals surface area contributed by atoms with Crippen molar-refractivity contribution in [3.8, 4) is 0 Å². The van der Waals surface area contributed by atoms with Crippen molar-refractivity contribution in [3.63, 3.8) is 0 Å². The molecule has 5 heteroatoms. The lowest BCUT2D eigenvalue weighted by Gasteiger charge is -2.08. The molecule has 2 aromatic carbocycles. The van der Waals surface area contributed by atoms with Crippen LogP contribution in [0, 0.1) is 0 Å². The number of rotatable bonds is 5. The summed E-state index contributed by atoms with van der Waals surface area (Å²) >= 11 is 0. The van der Waals surface area contributed by atoms with E-state index in [9.17, 15) is 0 Å². The van der Waals surface area contributed by atoms with Gasteiger partial charge in [-0.3, -0.25) is 0 Å². The van der Waals surface area contributed by atoms with Crippen LogP contribution in [0.15, 0.2) is 42.5 Å². The molecule has 0 spiro atoms. The monoisotopic (exact) mass is 279 g/mol. The number of fused-ring (bicyclic) bond motifs is 1. The number of hydrogen-bond donors (Lipinski definition) is 1. The minimum Gasteiger partial charge on any atom is -0.307 e. The van der Waals surface area contributed by atoms with Gasteiger partial charge in [0.25, 0.3) is 0 Å². The van der Waals surface area contributed by atoms with E-state index in [-0.39, 0.29) is 0 Å². The smallest absolute Gasteiger partial charge is 0.165 e. The maximum Gasteiger partial charge on any atom is 0.165 e. The first kappa shape index (κ1) is 12.5. The van der Waals surface area contributed by atoms with E-state index in [0.717, 1.165) is 12.4 Å². The predicted octanol–water partition coefficient (Wildman–Crippen LogP) is 2.13. The van der Waals surface area contributed by atoms with Gasteiger partial charge in [-0.25, -0.2) is 4.68 Å². The molecule has 1 aromatic heterocycles. The van der Waals surface area contributed by atoms with Crippen molar-refractivity contribution in [1.82, 2.24) is 25.5 Å². The molecule has 106 valence electrons. The van der Waals surface area contributed by atoms with Gasteiger partial charge < -0.3 is 5.32 Å². The molecule has 3 aromatic rings. The van der Waals surface area contributed by atoms with Crippen molar-refractivity contribution in [3.05, 3.63) is 53.9 Å². The first-order valence-electron chi connectivity index (χ1n) is 7.35. The molecule has 0 amide bonds. The van der Waals surface area contributed by atoms with Crippen LogP contribution in [0.4, 0.5) is 0 Å². The number of tetrazole rings is 1. The number of nitrogens with one attached hydrogen (secondary N) is 1. The Bertz CT molecular complexity index is 755. The Labute approximate surface area is 123 Å². The van der Waals surface area contributed by atoms with E-state index in [4.69, 9.17) is 0 Å². The highest BCUT2D eigenvalue weighted by Gasteiger charge is 2.21. The second kappa shape index (κ2) is 5.26. The molecule has 1 heterocycles. The summed E-state index contributed by atoms with van der Waals surface area (Å²) < 4.78 is 1.89. The van der Waals surface area contributed by atoms with E-state index in [2.05, 4.69) is 63.3 Å². The van der Waals surface area contributed by atoms with Gasteiger partial charge in [-0.05, 0) is 39.6 Å². The predicted molar refractivity (Wildman–Crippen MR) is 80.7 cm³/mol. The van der Waals surface area contributed by atoms with Crippen LogP contribution >= 0.6 is 0 Å². The Balaban J connectivity index is 1.61. The molecule has 1 saturated carbocycles. The molecule has 1 fully saturated rings. The van der Waals surface area contributed by atoms with Crippen LogP contribution in [-0.4, -0.2) is 26.2 Å². The van der Waals surface area contributed by atoms with Gasteiger partial charge in [-0.2, -0.15) is 0 Å². The molecular formula is C16H17N5. The summed E-state index contributed by atoms with van der Waals surface area (Å²) in [6.07, 6.45) is 2.54. The summed E-state index contributed by atoms with van der Waals surface area (Å²) in [6.45, 7) is 1.44. The standard InChI is InChI=1S/C16H17N5/c1-2-7-15-12(4-1)5-3-6-13(15)11-21-16(18-19-20-21)10-17-14-8-9-14/h1-7,14,17H,8-11H2. The van der Waals surface area contributed by atoms with Crippen LogP contribution < -0.4 is 5.32 Å². The van der Waals surface area contributed by atoms with Gasteiger partial charge in [0.15, 0.2) is 5.82 Å². The second-order valence-corrected chi connectivity index (χ2v) is 5.55. The Hall–Kier alpha value is -2.27. The van der Waals surface area contributed by atoms with E-state index in [1.54, 1.807) is 0 Å². The zero-order valence-corrected chi connectivity index (χ0v) is 11.7. The van der Waals surface area contributed by atoms with Crippen molar-refractivity contribution >= 4 is 10.8 Å². The van der Waals surface area contributed by atoms with Crippen LogP contribution in [-0.2, 0) is 13.1 Å². The minimum absolute atomic E-state index is 0.660. The van der Waals surface area contributed by atoms with E-state index < -0.39 is 0 Å². The number of aromatic nitrogens is 4. The van der Waals surface area contributed by atoms with Gasteiger partial charge in [0.05, 0.1) is 13.1 Å². The maximum absolute atomic E-state index is 4.13. The molecule has 21 heavy (non-hydrogen) atoms. The van der Waals surface area contributed by atoms with Gasteiger partial charge >= 0.3 is 0 Å². The lowest BCUT2D eigenvalue weighted by atomic mass is 10.0. The largest absolute Gasteiger partial charge is 0.307 e. The Morgan fingerprint density at radius 3 is 2.86 bits per heavy atom. The van der Waals surface area contributed by atoms with E-state index in [1.165, 1.54) is 29.2 Å². The molecule has 0 bridgehead atoms. The first-order chi connectivity index (χ1) is 10.4. The Morgan fingerprint density at radius 1 is 1.10 bits per heavy atom. The molecule has 0 aliphatic heterocycles. The molecule has 1 aliphatic carbocycles. The fraction of sp³-hybridized carbons (Fsp3) is 0.312.